The normalized spacial score (nSPS) is 25.9. The van der Waals surface area contributed by atoms with Crippen molar-refractivity contribution in [3.8, 4) is 0 Å². The minimum absolute atomic E-state index is 0.115. The molecule has 0 unspecified atom stereocenters. The predicted molar refractivity (Wildman–Crippen MR) is 108 cm³/mol. The number of alkyl halides is 3. The highest BCUT2D eigenvalue weighted by Gasteiger charge is 2.41. The summed E-state index contributed by atoms with van der Waals surface area (Å²) < 4.78 is 46.0. The average Bonchev–Trinajstić information content (AvgIpc) is 3.11. The Labute approximate surface area is 187 Å². The van der Waals surface area contributed by atoms with Crippen LogP contribution < -0.4 is 10.6 Å². The van der Waals surface area contributed by atoms with Gasteiger partial charge in [0.25, 0.3) is 0 Å². The number of rotatable bonds is 6. The second-order valence-electron chi connectivity index (χ2n) is 8.35. The van der Waals surface area contributed by atoms with Crippen molar-refractivity contribution in [1.82, 2.24) is 15.6 Å². The maximum absolute atomic E-state index is 12.5. The van der Waals surface area contributed by atoms with Gasteiger partial charge < -0.3 is 15.1 Å². The van der Waals surface area contributed by atoms with Crippen LogP contribution in [-0.2, 0) is 20.9 Å². The number of hydrogen-bond donors (Lipinski definition) is 2. The Bertz CT molecular complexity index is 982. The first kappa shape index (κ1) is 22.8. The molecular formula is C21H23ClF3N3O4. The molecule has 1 heterocycles. The van der Waals surface area contributed by atoms with Crippen molar-refractivity contribution in [3.63, 3.8) is 0 Å². The Hall–Kier alpha value is -2.33. The van der Waals surface area contributed by atoms with Crippen LogP contribution in [0.3, 0.4) is 0 Å². The summed E-state index contributed by atoms with van der Waals surface area (Å²) >= 11 is 5.93. The molecule has 2 amide bonds. The number of carbonyl (C=O) groups excluding carboxylic acids is 2. The number of hydrogen-bond acceptors (Lipinski definition) is 5. The minimum atomic E-state index is -4.65. The molecule has 0 aliphatic heterocycles. The van der Waals surface area contributed by atoms with Gasteiger partial charge in [0.1, 0.15) is 5.52 Å². The number of nitrogens with zero attached hydrogens (tertiary/aromatic N) is 1. The highest BCUT2D eigenvalue weighted by molar-refractivity contribution is 6.31. The molecule has 32 heavy (non-hydrogen) atoms. The Morgan fingerprint density at radius 2 is 1.78 bits per heavy atom. The molecule has 2 saturated carbocycles. The molecule has 2 aromatic rings. The van der Waals surface area contributed by atoms with Crippen LogP contribution >= 0.6 is 11.6 Å². The van der Waals surface area contributed by atoms with Crippen molar-refractivity contribution in [2.24, 2.45) is 11.8 Å². The minimum Gasteiger partial charge on any atom is -0.439 e. The number of carbonyl (C=O) groups is 2. The molecule has 0 atom stereocenters. The third kappa shape index (κ3) is 5.72. The molecule has 0 saturated heterocycles. The SMILES string of the molecule is O=C(NCc1nc2cc(Cl)ccc2o1)C1CCC(C(=O)NC2CC(OC(F)(F)F)C2)CC1. The molecule has 2 N–H and O–H groups in total. The van der Waals surface area contributed by atoms with Gasteiger partial charge in [0.05, 0.1) is 12.6 Å². The molecule has 2 aliphatic rings. The van der Waals surface area contributed by atoms with E-state index < -0.39 is 12.5 Å². The van der Waals surface area contributed by atoms with Crippen LogP contribution in [-0.4, -0.2) is 35.3 Å². The summed E-state index contributed by atoms with van der Waals surface area (Å²) in [5.41, 5.74) is 1.21. The van der Waals surface area contributed by atoms with Crippen molar-refractivity contribution >= 4 is 34.5 Å². The Balaban J connectivity index is 1.17. The molecule has 0 spiro atoms. The van der Waals surface area contributed by atoms with E-state index in [0.717, 1.165) is 0 Å². The molecule has 11 heteroatoms. The van der Waals surface area contributed by atoms with Crippen LogP contribution in [0.4, 0.5) is 13.2 Å². The lowest BCUT2D eigenvalue weighted by atomic mass is 9.80. The molecule has 2 fully saturated rings. The monoisotopic (exact) mass is 473 g/mol. The highest BCUT2D eigenvalue weighted by Crippen LogP contribution is 2.32. The molecule has 4 rings (SSSR count). The summed E-state index contributed by atoms with van der Waals surface area (Å²) in [6.45, 7) is 0.161. The second kappa shape index (κ2) is 9.27. The maximum atomic E-state index is 12.5. The largest absolute Gasteiger partial charge is 0.522 e. The average molecular weight is 474 g/mol. The second-order valence-corrected chi connectivity index (χ2v) is 8.78. The number of benzene rings is 1. The first-order chi connectivity index (χ1) is 15.2. The Kier molecular flexibility index (Phi) is 6.62. The van der Waals surface area contributed by atoms with E-state index in [9.17, 15) is 22.8 Å². The summed E-state index contributed by atoms with van der Waals surface area (Å²) in [7, 11) is 0. The van der Waals surface area contributed by atoms with E-state index in [0.29, 0.717) is 47.7 Å². The maximum Gasteiger partial charge on any atom is 0.522 e. The van der Waals surface area contributed by atoms with Gasteiger partial charge in [0.2, 0.25) is 17.7 Å². The van der Waals surface area contributed by atoms with Crippen molar-refractivity contribution in [1.29, 1.82) is 0 Å². The van der Waals surface area contributed by atoms with E-state index in [2.05, 4.69) is 20.4 Å². The quantitative estimate of drug-likeness (QED) is 0.659. The van der Waals surface area contributed by atoms with E-state index in [-0.39, 0.29) is 49.1 Å². The number of nitrogens with one attached hydrogen (secondary N) is 2. The Morgan fingerprint density at radius 1 is 1.12 bits per heavy atom. The fourth-order valence-corrected chi connectivity index (χ4v) is 4.40. The summed E-state index contributed by atoms with van der Waals surface area (Å²) in [5.74, 6) is -0.328. The standard InChI is InChI=1S/C21H23ClF3N3O4/c22-13-5-6-17-16(7-13)28-18(31-17)10-26-19(29)11-1-3-12(4-2-11)20(30)27-14-8-15(9-14)32-21(23,24)25/h5-7,11-12,14-15H,1-4,8-10H2,(H,26,29)(H,27,30). The summed E-state index contributed by atoms with van der Waals surface area (Å²) in [6, 6.07) is 4.81. The van der Waals surface area contributed by atoms with Crippen molar-refractivity contribution in [2.75, 3.05) is 0 Å². The lowest BCUT2D eigenvalue weighted by molar-refractivity contribution is -0.351. The van der Waals surface area contributed by atoms with Gasteiger partial charge in [0.15, 0.2) is 5.58 Å². The van der Waals surface area contributed by atoms with E-state index in [1.54, 1.807) is 18.2 Å². The van der Waals surface area contributed by atoms with Crippen LogP contribution in [0.25, 0.3) is 11.1 Å². The molecule has 0 radical (unpaired) electrons. The molecular weight excluding hydrogens is 451 g/mol. The fourth-order valence-electron chi connectivity index (χ4n) is 4.24. The molecule has 1 aromatic heterocycles. The van der Waals surface area contributed by atoms with E-state index >= 15 is 0 Å². The number of fused-ring (bicyclic) bond motifs is 1. The van der Waals surface area contributed by atoms with Crippen LogP contribution in [0.2, 0.25) is 5.02 Å². The van der Waals surface area contributed by atoms with Gasteiger partial charge in [-0.3, -0.25) is 14.3 Å². The van der Waals surface area contributed by atoms with Crippen LogP contribution in [0.1, 0.15) is 44.4 Å². The van der Waals surface area contributed by atoms with E-state index in [1.807, 2.05) is 0 Å². The predicted octanol–water partition coefficient (Wildman–Crippen LogP) is 4.09. The first-order valence-electron chi connectivity index (χ1n) is 10.5. The van der Waals surface area contributed by atoms with Crippen molar-refractivity contribution in [3.05, 3.63) is 29.1 Å². The third-order valence-corrected chi connectivity index (χ3v) is 6.25. The van der Waals surface area contributed by atoms with Gasteiger partial charge in [-0.15, -0.1) is 13.2 Å². The lowest BCUT2D eigenvalue weighted by Gasteiger charge is -2.37. The third-order valence-electron chi connectivity index (χ3n) is 6.02. The smallest absolute Gasteiger partial charge is 0.439 e. The van der Waals surface area contributed by atoms with Gasteiger partial charge in [-0.2, -0.15) is 0 Å². The van der Waals surface area contributed by atoms with Gasteiger partial charge in [-0.1, -0.05) is 11.6 Å². The molecule has 7 nitrogen and oxygen atoms in total. The zero-order valence-electron chi connectivity index (χ0n) is 17.1. The molecule has 0 bridgehead atoms. The van der Waals surface area contributed by atoms with E-state index in [4.69, 9.17) is 16.0 Å². The number of halogens is 4. The number of aromatic nitrogens is 1. The van der Waals surface area contributed by atoms with Crippen molar-refractivity contribution < 1.29 is 31.9 Å². The topological polar surface area (TPSA) is 93.5 Å². The fraction of sp³-hybridized carbons (Fsp3) is 0.571. The van der Waals surface area contributed by atoms with Crippen molar-refractivity contribution in [2.45, 2.75) is 63.6 Å². The van der Waals surface area contributed by atoms with Gasteiger partial charge in [-0.05, 0) is 56.7 Å². The van der Waals surface area contributed by atoms with Gasteiger partial charge in [-0.25, -0.2) is 4.98 Å². The Morgan fingerprint density at radius 3 is 2.44 bits per heavy atom. The van der Waals surface area contributed by atoms with Gasteiger partial charge in [0, 0.05) is 22.9 Å². The lowest BCUT2D eigenvalue weighted by Crippen LogP contribution is -2.51. The zero-order valence-corrected chi connectivity index (χ0v) is 17.8. The van der Waals surface area contributed by atoms with Crippen LogP contribution in [0.5, 0.6) is 0 Å². The molecule has 2 aliphatic carbocycles. The van der Waals surface area contributed by atoms with E-state index in [1.165, 1.54) is 0 Å². The van der Waals surface area contributed by atoms with Crippen LogP contribution in [0, 0.1) is 11.8 Å². The number of amides is 2. The molecule has 1 aromatic carbocycles. The first-order valence-corrected chi connectivity index (χ1v) is 10.9. The molecule has 174 valence electrons. The van der Waals surface area contributed by atoms with Crippen LogP contribution in [0.15, 0.2) is 22.6 Å². The number of oxazole rings is 1. The summed E-state index contributed by atoms with van der Waals surface area (Å²) in [6.07, 6.45) is -2.98. The summed E-state index contributed by atoms with van der Waals surface area (Å²) in [4.78, 5) is 29.2. The van der Waals surface area contributed by atoms with Gasteiger partial charge >= 0.3 is 6.36 Å². The zero-order chi connectivity index (χ0) is 22.9. The number of ether oxygens (including phenoxy) is 1. The highest BCUT2D eigenvalue weighted by atomic mass is 35.5. The summed E-state index contributed by atoms with van der Waals surface area (Å²) in [5, 5.41) is 6.17.